The maximum atomic E-state index is 6.22. The zero-order valence-electron chi connectivity index (χ0n) is 12.2. The van der Waals surface area contributed by atoms with E-state index < -0.39 is 0 Å². The number of ether oxygens (including phenoxy) is 1. The lowest BCUT2D eigenvalue weighted by molar-refractivity contribution is 0.405. The molecule has 0 heterocycles. The van der Waals surface area contributed by atoms with Gasteiger partial charge >= 0.3 is 0 Å². The summed E-state index contributed by atoms with van der Waals surface area (Å²) in [4.78, 5) is 0. The Morgan fingerprint density at radius 2 is 2.00 bits per heavy atom. The molecular formula is C17H19BrClNO. The van der Waals surface area contributed by atoms with Crippen molar-refractivity contribution in [3.8, 4) is 5.75 Å². The highest BCUT2D eigenvalue weighted by atomic mass is 79.9. The summed E-state index contributed by atoms with van der Waals surface area (Å²) in [7, 11) is 1.71. The number of hydrogen-bond acceptors (Lipinski definition) is 2. The van der Waals surface area contributed by atoms with Gasteiger partial charge in [0.1, 0.15) is 5.75 Å². The lowest BCUT2D eigenvalue weighted by atomic mass is 9.98. The van der Waals surface area contributed by atoms with E-state index in [2.05, 4.69) is 40.3 Å². The maximum absolute atomic E-state index is 6.22. The zero-order valence-corrected chi connectivity index (χ0v) is 14.5. The first-order chi connectivity index (χ1) is 10.2. The fourth-order valence-electron chi connectivity index (χ4n) is 2.37. The van der Waals surface area contributed by atoms with Gasteiger partial charge < -0.3 is 10.1 Å². The van der Waals surface area contributed by atoms with E-state index in [1.54, 1.807) is 7.11 Å². The summed E-state index contributed by atoms with van der Waals surface area (Å²) in [6.07, 6.45) is 0.857. The van der Waals surface area contributed by atoms with Crippen LogP contribution in [0.25, 0.3) is 0 Å². The fraction of sp³-hybridized carbons (Fsp3) is 0.294. The Hall–Kier alpha value is -1.03. The molecule has 0 aromatic heterocycles. The smallest absolute Gasteiger partial charge is 0.122 e. The zero-order chi connectivity index (χ0) is 15.2. The number of para-hydroxylation sites is 1. The molecule has 2 aromatic carbocycles. The van der Waals surface area contributed by atoms with Gasteiger partial charge in [0, 0.05) is 10.5 Å². The van der Waals surface area contributed by atoms with Gasteiger partial charge in [0.05, 0.1) is 12.1 Å². The van der Waals surface area contributed by atoms with Crippen molar-refractivity contribution in [1.29, 1.82) is 0 Å². The third kappa shape index (κ3) is 4.22. The highest BCUT2D eigenvalue weighted by Crippen LogP contribution is 2.29. The standard InChI is InChI=1S/C17H19BrClNO/c1-3-20-16(12-8-9-14(18)15(19)10-12)11-13-6-4-5-7-17(13)21-2/h4-10,16,20H,3,11H2,1-2H3. The summed E-state index contributed by atoms with van der Waals surface area (Å²) in [6.45, 7) is 3.00. The Morgan fingerprint density at radius 1 is 1.24 bits per heavy atom. The van der Waals surface area contributed by atoms with E-state index in [-0.39, 0.29) is 6.04 Å². The van der Waals surface area contributed by atoms with Gasteiger partial charge in [0.25, 0.3) is 0 Å². The van der Waals surface area contributed by atoms with Crippen LogP contribution in [-0.2, 0) is 6.42 Å². The van der Waals surface area contributed by atoms with E-state index >= 15 is 0 Å². The average molecular weight is 369 g/mol. The molecule has 2 aromatic rings. The SMILES string of the molecule is CCNC(Cc1ccccc1OC)c1ccc(Br)c(Cl)c1. The molecule has 0 saturated heterocycles. The van der Waals surface area contributed by atoms with Crippen LogP contribution in [0.15, 0.2) is 46.9 Å². The molecule has 0 amide bonds. The van der Waals surface area contributed by atoms with Crippen LogP contribution in [0.5, 0.6) is 5.75 Å². The predicted octanol–water partition coefficient (Wildman–Crippen LogP) is 5.00. The van der Waals surface area contributed by atoms with Gasteiger partial charge in [-0.25, -0.2) is 0 Å². The summed E-state index contributed by atoms with van der Waals surface area (Å²) in [6, 6.07) is 14.4. The number of hydrogen-bond donors (Lipinski definition) is 1. The Bertz CT molecular complexity index is 603. The highest BCUT2D eigenvalue weighted by Gasteiger charge is 2.14. The third-order valence-electron chi connectivity index (χ3n) is 3.41. The van der Waals surface area contributed by atoms with Gasteiger partial charge in [0.2, 0.25) is 0 Å². The van der Waals surface area contributed by atoms with E-state index in [9.17, 15) is 0 Å². The van der Waals surface area contributed by atoms with Crippen LogP contribution in [0.3, 0.4) is 0 Å². The van der Waals surface area contributed by atoms with Crippen molar-refractivity contribution >= 4 is 27.5 Å². The van der Waals surface area contributed by atoms with Crippen molar-refractivity contribution in [3.05, 3.63) is 63.1 Å². The van der Waals surface area contributed by atoms with Crippen LogP contribution in [0.1, 0.15) is 24.1 Å². The number of rotatable bonds is 6. The minimum Gasteiger partial charge on any atom is -0.496 e. The van der Waals surface area contributed by atoms with Crippen molar-refractivity contribution in [3.63, 3.8) is 0 Å². The Labute approximate surface area is 139 Å². The molecule has 2 rings (SSSR count). The minimum absolute atomic E-state index is 0.205. The number of benzene rings is 2. The number of likely N-dealkylation sites (N-methyl/N-ethyl adjacent to an activating group) is 1. The van der Waals surface area contributed by atoms with Crippen molar-refractivity contribution in [2.24, 2.45) is 0 Å². The summed E-state index contributed by atoms with van der Waals surface area (Å²) >= 11 is 9.66. The molecule has 0 saturated carbocycles. The van der Waals surface area contributed by atoms with Gasteiger partial charge in [-0.2, -0.15) is 0 Å². The number of methoxy groups -OCH3 is 1. The molecule has 4 heteroatoms. The number of nitrogens with one attached hydrogen (secondary N) is 1. The first-order valence-corrected chi connectivity index (χ1v) is 8.13. The van der Waals surface area contributed by atoms with Gasteiger partial charge in [-0.3, -0.25) is 0 Å². The van der Waals surface area contributed by atoms with Gasteiger partial charge in [-0.05, 0) is 58.2 Å². The molecule has 1 N–H and O–H groups in total. The molecule has 112 valence electrons. The molecule has 0 spiro atoms. The molecule has 0 fully saturated rings. The van der Waals surface area contributed by atoms with E-state index in [1.165, 1.54) is 11.1 Å². The molecule has 0 aliphatic heterocycles. The summed E-state index contributed by atoms with van der Waals surface area (Å²) in [5.74, 6) is 0.920. The Morgan fingerprint density at radius 3 is 2.67 bits per heavy atom. The highest BCUT2D eigenvalue weighted by molar-refractivity contribution is 9.10. The summed E-state index contributed by atoms with van der Waals surface area (Å²) < 4.78 is 6.36. The molecule has 0 aliphatic rings. The normalized spacial score (nSPS) is 12.2. The molecular weight excluding hydrogens is 350 g/mol. The van der Waals surface area contributed by atoms with Crippen molar-refractivity contribution in [1.82, 2.24) is 5.32 Å². The van der Waals surface area contributed by atoms with E-state index in [4.69, 9.17) is 16.3 Å². The second-order valence-electron chi connectivity index (χ2n) is 4.80. The topological polar surface area (TPSA) is 21.3 Å². The monoisotopic (exact) mass is 367 g/mol. The quantitative estimate of drug-likeness (QED) is 0.774. The molecule has 2 nitrogen and oxygen atoms in total. The number of halogens is 2. The van der Waals surface area contributed by atoms with Crippen molar-refractivity contribution in [2.45, 2.75) is 19.4 Å². The summed E-state index contributed by atoms with van der Waals surface area (Å²) in [5, 5.41) is 4.25. The largest absolute Gasteiger partial charge is 0.496 e. The molecule has 1 unspecified atom stereocenters. The Balaban J connectivity index is 2.28. The maximum Gasteiger partial charge on any atom is 0.122 e. The second-order valence-corrected chi connectivity index (χ2v) is 6.06. The van der Waals surface area contributed by atoms with E-state index in [0.717, 1.165) is 28.2 Å². The van der Waals surface area contributed by atoms with E-state index in [1.807, 2.05) is 30.3 Å². The van der Waals surface area contributed by atoms with Crippen molar-refractivity contribution in [2.75, 3.05) is 13.7 Å². The first kappa shape index (κ1) is 16.3. The van der Waals surface area contributed by atoms with Crippen molar-refractivity contribution < 1.29 is 4.74 Å². The van der Waals surface area contributed by atoms with Crippen LogP contribution < -0.4 is 10.1 Å². The molecule has 0 aliphatic carbocycles. The summed E-state index contributed by atoms with van der Waals surface area (Å²) in [5.41, 5.74) is 2.36. The van der Waals surface area contributed by atoms with Crippen LogP contribution in [0.2, 0.25) is 5.02 Å². The van der Waals surface area contributed by atoms with Crippen LogP contribution >= 0.6 is 27.5 Å². The molecule has 21 heavy (non-hydrogen) atoms. The minimum atomic E-state index is 0.205. The average Bonchev–Trinajstić information content (AvgIpc) is 2.50. The Kier molecular flexibility index (Phi) is 6.09. The van der Waals surface area contributed by atoms with Crippen LogP contribution in [0, 0.1) is 0 Å². The van der Waals surface area contributed by atoms with Gasteiger partial charge in [-0.15, -0.1) is 0 Å². The third-order valence-corrected chi connectivity index (χ3v) is 4.65. The molecule has 0 bridgehead atoms. The lowest BCUT2D eigenvalue weighted by Gasteiger charge is -2.20. The first-order valence-electron chi connectivity index (χ1n) is 6.96. The lowest BCUT2D eigenvalue weighted by Crippen LogP contribution is -2.23. The van der Waals surface area contributed by atoms with Gasteiger partial charge in [0.15, 0.2) is 0 Å². The fourth-order valence-corrected chi connectivity index (χ4v) is 2.81. The second kappa shape index (κ2) is 7.83. The van der Waals surface area contributed by atoms with Crippen LogP contribution in [-0.4, -0.2) is 13.7 Å². The van der Waals surface area contributed by atoms with Gasteiger partial charge in [-0.1, -0.05) is 42.8 Å². The van der Waals surface area contributed by atoms with Crippen LogP contribution in [0.4, 0.5) is 0 Å². The molecule has 0 radical (unpaired) electrons. The van der Waals surface area contributed by atoms with E-state index in [0.29, 0.717) is 0 Å². The molecule has 1 atom stereocenters. The predicted molar refractivity (Wildman–Crippen MR) is 92.3 cm³/mol.